The van der Waals surface area contributed by atoms with Gasteiger partial charge in [-0.25, -0.2) is 14.8 Å². The molecule has 1 aliphatic heterocycles. The van der Waals surface area contributed by atoms with E-state index in [9.17, 15) is 0 Å². The Morgan fingerprint density at radius 3 is 2.94 bits per heavy atom. The Kier molecular flexibility index (Phi) is 5.11. The van der Waals surface area contributed by atoms with Crippen molar-refractivity contribution >= 4 is 27.8 Å². The highest BCUT2D eigenvalue weighted by Gasteiger charge is 2.26. The highest BCUT2D eigenvalue weighted by Crippen LogP contribution is 2.33. The van der Waals surface area contributed by atoms with E-state index in [0.29, 0.717) is 24.6 Å². The van der Waals surface area contributed by atoms with E-state index in [4.69, 9.17) is 16.8 Å². The van der Waals surface area contributed by atoms with E-state index in [2.05, 4.69) is 42.5 Å². The number of nitrogens with one attached hydrogen (secondary N) is 1. The zero-order valence-corrected chi connectivity index (χ0v) is 17.3. The van der Waals surface area contributed by atoms with Crippen LogP contribution in [0.5, 0.6) is 0 Å². The summed E-state index contributed by atoms with van der Waals surface area (Å²) in [6.07, 6.45) is 7.10. The predicted molar refractivity (Wildman–Crippen MR) is 120 cm³/mol. The molecule has 1 fully saturated rings. The van der Waals surface area contributed by atoms with Crippen molar-refractivity contribution in [3.63, 3.8) is 0 Å². The number of hydrogen-bond acceptors (Lipinski definition) is 4. The summed E-state index contributed by atoms with van der Waals surface area (Å²) < 4.78 is 2.42. The molecule has 0 spiro atoms. The molecule has 0 bridgehead atoms. The average molecular weight is 409 g/mol. The maximum absolute atomic E-state index is 8.90. The second kappa shape index (κ2) is 8.22. The summed E-state index contributed by atoms with van der Waals surface area (Å²) in [5.41, 5.74) is 4.67. The lowest BCUT2D eigenvalue weighted by molar-refractivity contribution is 0.190. The van der Waals surface area contributed by atoms with Gasteiger partial charge >= 0.3 is 0 Å². The number of fused-ring (bicyclic) bond motifs is 3. The largest absolute Gasteiger partial charge is 0.346 e. The Balaban J connectivity index is 1.56. The van der Waals surface area contributed by atoms with Gasteiger partial charge in [-0.15, -0.1) is 0 Å². The molecule has 0 atom stereocenters. The summed E-state index contributed by atoms with van der Waals surface area (Å²) in [4.78, 5) is 18.7. The molecule has 0 amide bonds. The van der Waals surface area contributed by atoms with Crippen LogP contribution in [-0.4, -0.2) is 44.1 Å². The minimum absolute atomic E-state index is 0.350. The van der Waals surface area contributed by atoms with Crippen LogP contribution in [-0.2, 0) is 6.42 Å². The van der Waals surface area contributed by atoms with Crippen molar-refractivity contribution in [2.75, 3.05) is 19.6 Å². The number of aromatic nitrogens is 4. The summed E-state index contributed by atoms with van der Waals surface area (Å²) in [6.45, 7) is 10.1. The van der Waals surface area contributed by atoms with Crippen molar-refractivity contribution in [1.29, 1.82) is 5.26 Å². The average Bonchev–Trinajstić information content (AvgIpc) is 3.42. The lowest BCUT2D eigenvalue weighted by Gasteiger charge is -2.33. The van der Waals surface area contributed by atoms with Gasteiger partial charge in [-0.05, 0) is 18.9 Å². The van der Waals surface area contributed by atoms with Crippen molar-refractivity contribution in [2.45, 2.75) is 31.7 Å². The van der Waals surface area contributed by atoms with Crippen molar-refractivity contribution in [3.8, 4) is 6.07 Å². The fourth-order valence-corrected chi connectivity index (χ4v) is 4.69. The monoisotopic (exact) mass is 409 g/mol. The minimum Gasteiger partial charge on any atom is -0.346 e. The molecule has 0 saturated carbocycles. The summed E-state index contributed by atoms with van der Waals surface area (Å²) in [5, 5.41) is 9.99. The van der Waals surface area contributed by atoms with Crippen molar-refractivity contribution in [3.05, 3.63) is 65.5 Å². The Labute approximate surface area is 180 Å². The van der Waals surface area contributed by atoms with Crippen LogP contribution in [0.2, 0.25) is 0 Å². The first-order valence-electron chi connectivity index (χ1n) is 10.7. The smallest absolute Gasteiger partial charge is 0.187 e. The molecule has 154 valence electrons. The molecule has 1 N–H and O–H groups in total. The van der Waals surface area contributed by atoms with Crippen LogP contribution < -0.4 is 0 Å². The molecule has 7 nitrogen and oxygen atoms in total. The van der Waals surface area contributed by atoms with Crippen LogP contribution in [0.1, 0.15) is 36.7 Å². The topological polar surface area (TPSA) is 77.9 Å². The number of nitrogens with zero attached hydrogens (tertiary/aromatic N) is 6. The quantitative estimate of drug-likeness (QED) is 0.489. The third kappa shape index (κ3) is 3.65. The number of rotatable bonds is 5. The molecule has 1 saturated heterocycles. The van der Waals surface area contributed by atoms with Crippen molar-refractivity contribution in [1.82, 2.24) is 24.4 Å². The second-order valence-corrected chi connectivity index (χ2v) is 8.07. The fraction of sp³-hybridized carbons (Fsp3) is 0.333. The first kappa shape index (κ1) is 19.3. The highest BCUT2D eigenvalue weighted by atomic mass is 15.2. The second-order valence-electron chi connectivity index (χ2n) is 8.07. The number of imidazole rings is 1. The SMILES string of the molecule is [C-]#[N+]c1cccc(Cc2nc3cnc4[nH]ccc4c3n2C2CCN(CCC#N)CC2)c1. The van der Waals surface area contributed by atoms with E-state index < -0.39 is 0 Å². The first-order chi connectivity index (χ1) is 15.3. The molecule has 0 unspecified atom stereocenters. The van der Waals surface area contributed by atoms with E-state index in [0.717, 1.165) is 65.9 Å². The molecule has 31 heavy (non-hydrogen) atoms. The summed E-state index contributed by atoms with van der Waals surface area (Å²) >= 11 is 0. The van der Waals surface area contributed by atoms with Gasteiger partial charge in [0.15, 0.2) is 5.69 Å². The predicted octanol–water partition coefficient (Wildman–Crippen LogP) is 4.60. The van der Waals surface area contributed by atoms with Crippen LogP contribution in [0.15, 0.2) is 42.7 Å². The van der Waals surface area contributed by atoms with E-state index in [1.54, 1.807) is 0 Å². The van der Waals surface area contributed by atoms with Crippen LogP contribution in [0.4, 0.5) is 5.69 Å². The fourth-order valence-electron chi connectivity index (χ4n) is 4.69. The Morgan fingerprint density at radius 2 is 2.13 bits per heavy atom. The minimum atomic E-state index is 0.350. The number of aromatic amines is 1. The van der Waals surface area contributed by atoms with Gasteiger partial charge in [0.25, 0.3) is 0 Å². The molecule has 0 aliphatic carbocycles. The molecule has 7 heteroatoms. The lowest BCUT2D eigenvalue weighted by atomic mass is 10.0. The zero-order chi connectivity index (χ0) is 21.2. The number of nitriles is 1. The molecule has 1 aromatic carbocycles. The standard InChI is InChI=1S/C24H23N7/c1-26-18-5-2-4-17(14-18)15-22-29-21-16-28-24-20(6-10-27-24)23(21)31(22)19-7-12-30(13-8-19)11-3-9-25/h2,4-6,10,14,16,19H,3,7-8,11-13,15H2,(H,27,28). The molecule has 5 rings (SSSR count). The van der Waals surface area contributed by atoms with Crippen molar-refractivity contribution < 1.29 is 0 Å². The maximum atomic E-state index is 8.90. The summed E-state index contributed by atoms with van der Waals surface area (Å²) in [5.74, 6) is 1.02. The number of likely N-dealkylation sites (tertiary alicyclic amines) is 1. The molecule has 3 aromatic heterocycles. The van der Waals surface area contributed by atoms with Gasteiger partial charge in [-0.1, -0.05) is 29.8 Å². The first-order valence-corrected chi connectivity index (χ1v) is 10.7. The Morgan fingerprint density at radius 1 is 1.26 bits per heavy atom. The third-order valence-corrected chi connectivity index (χ3v) is 6.17. The molecule has 4 heterocycles. The van der Waals surface area contributed by atoms with Gasteiger partial charge < -0.3 is 14.5 Å². The molecular formula is C24H23N7. The molecular weight excluding hydrogens is 386 g/mol. The number of H-pyrrole nitrogens is 1. The van der Waals surface area contributed by atoms with Crippen LogP contribution >= 0.6 is 0 Å². The Bertz CT molecular complexity index is 1310. The normalized spacial score (nSPS) is 15.3. The van der Waals surface area contributed by atoms with Crippen LogP contribution in [0, 0.1) is 17.9 Å². The highest BCUT2D eigenvalue weighted by molar-refractivity contribution is 6.01. The van der Waals surface area contributed by atoms with Gasteiger partial charge in [-0.3, -0.25) is 0 Å². The van der Waals surface area contributed by atoms with Gasteiger partial charge in [0, 0.05) is 50.1 Å². The summed E-state index contributed by atoms with van der Waals surface area (Å²) in [7, 11) is 0. The van der Waals surface area contributed by atoms with Gasteiger partial charge in [0.1, 0.15) is 17.0 Å². The molecule has 0 radical (unpaired) electrons. The molecule has 1 aliphatic rings. The van der Waals surface area contributed by atoms with E-state index in [1.807, 2.05) is 30.6 Å². The van der Waals surface area contributed by atoms with Gasteiger partial charge in [0.2, 0.25) is 0 Å². The maximum Gasteiger partial charge on any atom is 0.187 e. The zero-order valence-electron chi connectivity index (χ0n) is 17.3. The van der Waals surface area contributed by atoms with Crippen LogP contribution in [0.25, 0.3) is 26.9 Å². The van der Waals surface area contributed by atoms with E-state index in [-0.39, 0.29) is 0 Å². The number of benzene rings is 1. The van der Waals surface area contributed by atoms with Gasteiger partial charge in [-0.2, -0.15) is 5.26 Å². The number of pyridine rings is 1. The van der Waals surface area contributed by atoms with E-state index in [1.165, 1.54) is 0 Å². The summed E-state index contributed by atoms with van der Waals surface area (Å²) in [6, 6.07) is 12.5. The van der Waals surface area contributed by atoms with Gasteiger partial charge in [0.05, 0.1) is 24.4 Å². The molecule has 4 aromatic rings. The van der Waals surface area contributed by atoms with Crippen molar-refractivity contribution in [2.24, 2.45) is 0 Å². The number of piperidine rings is 1. The van der Waals surface area contributed by atoms with Crippen LogP contribution in [0.3, 0.4) is 0 Å². The number of hydrogen-bond donors (Lipinski definition) is 1. The third-order valence-electron chi connectivity index (χ3n) is 6.17. The van der Waals surface area contributed by atoms with E-state index >= 15 is 0 Å². The lowest BCUT2D eigenvalue weighted by Crippen LogP contribution is -2.35. The Hall–Kier alpha value is -3.68.